The summed E-state index contributed by atoms with van der Waals surface area (Å²) in [6.45, 7) is 4.79. The zero-order valence-corrected chi connectivity index (χ0v) is 12.4. The molecule has 0 fully saturated rings. The largest absolute Gasteiger partial charge is 0.493 e. The van der Waals surface area contributed by atoms with E-state index in [2.05, 4.69) is 42.3 Å². The van der Waals surface area contributed by atoms with Crippen molar-refractivity contribution in [2.24, 2.45) is 0 Å². The SMILES string of the molecule is COc1ccnc(CNc2ccc(C)c(C)c2)c1OC. The van der Waals surface area contributed by atoms with Gasteiger partial charge in [0.15, 0.2) is 11.5 Å². The number of aromatic nitrogens is 1. The summed E-state index contributed by atoms with van der Waals surface area (Å²) in [4.78, 5) is 4.35. The monoisotopic (exact) mass is 272 g/mol. The van der Waals surface area contributed by atoms with Gasteiger partial charge in [-0.3, -0.25) is 4.98 Å². The van der Waals surface area contributed by atoms with Gasteiger partial charge in [0, 0.05) is 18.0 Å². The normalized spacial score (nSPS) is 10.2. The highest BCUT2D eigenvalue weighted by Gasteiger charge is 2.10. The first-order valence-corrected chi connectivity index (χ1v) is 6.52. The van der Waals surface area contributed by atoms with Crippen molar-refractivity contribution in [3.05, 3.63) is 47.3 Å². The Kier molecular flexibility index (Phi) is 4.45. The van der Waals surface area contributed by atoms with Gasteiger partial charge in [0.25, 0.3) is 0 Å². The molecule has 0 unspecified atom stereocenters. The number of nitrogens with zero attached hydrogens (tertiary/aromatic N) is 1. The van der Waals surface area contributed by atoms with Crippen LogP contribution in [0.15, 0.2) is 30.5 Å². The minimum absolute atomic E-state index is 0.586. The van der Waals surface area contributed by atoms with E-state index in [4.69, 9.17) is 9.47 Å². The van der Waals surface area contributed by atoms with Gasteiger partial charge in [-0.25, -0.2) is 0 Å². The fraction of sp³-hybridized carbons (Fsp3) is 0.312. The topological polar surface area (TPSA) is 43.4 Å². The van der Waals surface area contributed by atoms with Crippen LogP contribution >= 0.6 is 0 Å². The fourth-order valence-electron chi connectivity index (χ4n) is 2.01. The molecular weight excluding hydrogens is 252 g/mol. The van der Waals surface area contributed by atoms with Crippen LogP contribution in [0, 0.1) is 13.8 Å². The average molecular weight is 272 g/mol. The number of methoxy groups -OCH3 is 2. The third-order valence-electron chi connectivity index (χ3n) is 3.33. The van der Waals surface area contributed by atoms with Gasteiger partial charge >= 0.3 is 0 Å². The molecular formula is C16H20N2O2. The quantitative estimate of drug-likeness (QED) is 0.906. The summed E-state index contributed by atoms with van der Waals surface area (Å²) in [5.74, 6) is 1.37. The van der Waals surface area contributed by atoms with Gasteiger partial charge in [-0.2, -0.15) is 0 Å². The predicted molar refractivity (Wildman–Crippen MR) is 80.6 cm³/mol. The van der Waals surface area contributed by atoms with Crippen LogP contribution in [0.25, 0.3) is 0 Å². The summed E-state index contributed by atoms with van der Waals surface area (Å²) in [6, 6.07) is 8.09. The molecule has 0 aliphatic heterocycles. The number of nitrogens with one attached hydrogen (secondary N) is 1. The standard InChI is InChI=1S/C16H20N2O2/c1-11-5-6-13(9-12(11)2)18-10-14-16(20-4)15(19-3)7-8-17-14/h5-9,18H,10H2,1-4H3. The van der Waals surface area contributed by atoms with Crippen molar-refractivity contribution in [2.45, 2.75) is 20.4 Å². The smallest absolute Gasteiger partial charge is 0.184 e. The highest BCUT2D eigenvalue weighted by atomic mass is 16.5. The Bertz CT molecular complexity index is 597. The minimum atomic E-state index is 0.586. The molecule has 1 aromatic heterocycles. The van der Waals surface area contributed by atoms with Gasteiger partial charge in [0.1, 0.15) is 5.69 Å². The van der Waals surface area contributed by atoms with Gasteiger partial charge in [0.05, 0.1) is 20.8 Å². The van der Waals surface area contributed by atoms with Crippen molar-refractivity contribution in [2.75, 3.05) is 19.5 Å². The van der Waals surface area contributed by atoms with E-state index in [1.807, 2.05) is 0 Å². The number of ether oxygens (including phenoxy) is 2. The molecule has 1 aromatic carbocycles. The van der Waals surface area contributed by atoms with E-state index in [0.717, 1.165) is 11.4 Å². The summed E-state index contributed by atoms with van der Waals surface area (Å²) < 4.78 is 10.6. The van der Waals surface area contributed by atoms with Crippen molar-refractivity contribution >= 4 is 5.69 Å². The average Bonchev–Trinajstić information content (AvgIpc) is 2.47. The predicted octanol–water partition coefficient (Wildman–Crippen LogP) is 3.33. The van der Waals surface area contributed by atoms with Crippen LogP contribution in [0.4, 0.5) is 5.69 Å². The maximum atomic E-state index is 5.37. The Balaban J connectivity index is 2.16. The Morgan fingerprint density at radius 3 is 2.50 bits per heavy atom. The van der Waals surface area contributed by atoms with E-state index in [0.29, 0.717) is 18.0 Å². The van der Waals surface area contributed by atoms with E-state index in [9.17, 15) is 0 Å². The summed E-state index contributed by atoms with van der Waals surface area (Å²) in [5, 5.41) is 3.36. The highest BCUT2D eigenvalue weighted by Crippen LogP contribution is 2.29. The third-order valence-corrected chi connectivity index (χ3v) is 3.33. The number of aryl methyl sites for hydroxylation is 2. The van der Waals surface area contributed by atoms with Gasteiger partial charge < -0.3 is 14.8 Å². The molecule has 0 saturated carbocycles. The van der Waals surface area contributed by atoms with Crippen molar-refractivity contribution < 1.29 is 9.47 Å². The van der Waals surface area contributed by atoms with Crippen molar-refractivity contribution in [1.29, 1.82) is 0 Å². The highest BCUT2D eigenvalue weighted by molar-refractivity contribution is 5.50. The first-order valence-electron chi connectivity index (χ1n) is 6.52. The first kappa shape index (κ1) is 14.2. The molecule has 0 amide bonds. The number of hydrogen-bond acceptors (Lipinski definition) is 4. The Morgan fingerprint density at radius 1 is 1.05 bits per heavy atom. The van der Waals surface area contributed by atoms with Crippen LogP contribution < -0.4 is 14.8 Å². The molecule has 0 bridgehead atoms. The van der Waals surface area contributed by atoms with Crippen LogP contribution in [0.2, 0.25) is 0 Å². The van der Waals surface area contributed by atoms with Gasteiger partial charge in [-0.15, -0.1) is 0 Å². The summed E-state index contributed by atoms with van der Waals surface area (Å²) in [5.41, 5.74) is 4.44. The fourth-order valence-corrected chi connectivity index (χ4v) is 2.01. The van der Waals surface area contributed by atoms with E-state index in [-0.39, 0.29) is 0 Å². The summed E-state index contributed by atoms with van der Waals surface area (Å²) in [7, 11) is 3.25. The first-order chi connectivity index (χ1) is 9.65. The van der Waals surface area contributed by atoms with Crippen LogP contribution in [0.3, 0.4) is 0 Å². The third kappa shape index (κ3) is 3.02. The maximum absolute atomic E-state index is 5.37. The molecule has 0 atom stereocenters. The summed E-state index contributed by atoms with van der Waals surface area (Å²) >= 11 is 0. The molecule has 106 valence electrons. The lowest BCUT2D eigenvalue weighted by Crippen LogP contribution is -2.05. The number of pyridine rings is 1. The van der Waals surface area contributed by atoms with Gasteiger partial charge in [-0.05, 0) is 37.1 Å². The molecule has 0 aliphatic rings. The lowest BCUT2D eigenvalue weighted by molar-refractivity contribution is 0.350. The molecule has 0 aliphatic carbocycles. The second kappa shape index (κ2) is 6.28. The van der Waals surface area contributed by atoms with Crippen molar-refractivity contribution in [3.63, 3.8) is 0 Å². The number of anilines is 1. The number of rotatable bonds is 5. The Morgan fingerprint density at radius 2 is 1.85 bits per heavy atom. The van der Waals surface area contributed by atoms with E-state index < -0.39 is 0 Å². The zero-order chi connectivity index (χ0) is 14.5. The summed E-state index contributed by atoms with van der Waals surface area (Å²) in [6.07, 6.45) is 1.72. The lowest BCUT2D eigenvalue weighted by Gasteiger charge is -2.13. The Hall–Kier alpha value is -2.23. The van der Waals surface area contributed by atoms with E-state index in [1.165, 1.54) is 11.1 Å². The van der Waals surface area contributed by atoms with Crippen LogP contribution in [-0.4, -0.2) is 19.2 Å². The van der Waals surface area contributed by atoms with E-state index in [1.54, 1.807) is 26.5 Å². The second-order valence-corrected chi connectivity index (χ2v) is 4.65. The van der Waals surface area contributed by atoms with Gasteiger partial charge in [0.2, 0.25) is 0 Å². The van der Waals surface area contributed by atoms with Crippen LogP contribution in [-0.2, 0) is 6.54 Å². The minimum Gasteiger partial charge on any atom is -0.493 e. The van der Waals surface area contributed by atoms with Crippen molar-refractivity contribution in [3.8, 4) is 11.5 Å². The molecule has 4 nitrogen and oxygen atoms in total. The second-order valence-electron chi connectivity index (χ2n) is 4.65. The number of benzene rings is 1. The molecule has 2 rings (SSSR count). The molecule has 4 heteroatoms. The van der Waals surface area contributed by atoms with Gasteiger partial charge in [-0.1, -0.05) is 6.07 Å². The van der Waals surface area contributed by atoms with Crippen LogP contribution in [0.5, 0.6) is 11.5 Å². The lowest BCUT2D eigenvalue weighted by atomic mass is 10.1. The molecule has 0 spiro atoms. The van der Waals surface area contributed by atoms with Crippen molar-refractivity contribution in [1.82, 2.24) is 4.98 Å². The molecule has 20 heavy (non-hydrogen) atoms. The maximum Gasteiger partial charge on any atom is 0.184 e. The molecule has 2 aromatic rings. The zero-order valence-electron chi connectivity index (χ0n) is 12.4. The molecule has 0 saturated heterocycles. The molecule has 1 heterocycles. The van der Waals surface area contributed by atoms with Crippen LogP contribution in [0.1, 0.15) is 16.8 Å². The van der Waals surface area contributed by atoms with E-state index >= 15 is 0 Å². The molecule has 0 radical (unpaired) electrons. The molecule has 1 N–H and O–H groups in total. The number of hydrogen-bond donors (Lipinski definition) is 1. The Labute approximate surface area is 119 Å².